The van der Waals surface area contributed by atoms with Crippen LogP contribution in [-0.4, -0.2) is 50.4 Å². The highest BCUT2D eigenvalue weighted by Gasteiger charge is 2.23. The number of ether oxygens (including phenoxy) is 1. The lowest BCUT2D eigenvalue weighted by molar-refractivity contribution is -0.133. The molecule has 1 saturated heterocycles. The summed E-state index contributed by atoms with van der Waals surface area (Å²) in [6.45, 7) is 1.87. The zero-order valence-electron chi connectivity index (χ0n) is 12.9. The second-order valence-corrected chi connectivity index (χ2v) is 8.02. The first-order valence-corrected chi connectivity index (χ1v) is 9.61. The first-order valence-electron chi connectivity index (χ1n) is 7.55. The molecule has 122 valence electrons. The first-order chi connectivity index (χ1) is 10.4. The normalized spacial score (nSPS) is 16.7. The minimum Gasteiger partial charge on any atom is -0.373 e. The molecule has 1 heterocycles. The van der Waals surface area contributed by atoms with E-state index in [1.807, 2.05) is 30.3 Å². The van der Waals surface area contributed by atoms with Gasteiger partial charge in [-0.05, 0) is 18.4 Å². The lowest BCUT2D eigenvalue weighted by atomic mass is 10.1. The molecule has 0 saturated carbocycles. The van der Waals surface area contributed by atoms with Gasteiger partial charge in [0.2, 0.25) is 5.91 Å². The van der Waals surface area contributed by atoms with Crippen molar-refractivity contribution in [1.82, 2.24) is 4.90 Å². The van der Waals surface area contributed by atoms with Crippen molar-refractivity contribution < 1.29 is 17.9 Å². The fraction of sp³-hybridized carbons (Fsp3) is 0.562. The van der Waals surface area contributed by atoms with E-state index in [2.05, 4.69) is 0 Å². The summed E-state index contributed by atoms with van der Waals surface area (Å²) in [6.07, 6.45) is 3.01. The van der Waals surface area contributed by atoms with Crippen LogP contribution in [0.5, 0.6) is 0 Å². The Bertz CT molecular complexity index is 577. The zero-order valence-corrected chi connectivity index (χ0v) is 13.7. The van der Waals surface area contributed by atoms with Gasteiger partial charge in [-0.25, -0.2) is 8.42 Å². The molecule has 1 aliphatic rings. The minimum atomic E-state index is -3.08. The summed E-state index contributed by atoms with van der Waals surface area (Å²) in [4.78, 5) is 13.7. The molecule has 1 fully saturated rings. The topological polar surface area (TPSA) is 63.7 Å². The Balaban J connectivity index is 1.70. The van der Waals surface area contributed by atoms with E-state index >= 15 is 0 Å². The summed E-state index contributed by atoms with van der Waals surface area (Å²) < 4.78 is 28.1. The third-order valence-corrected chi connectivity index (χ3v) is 4.76. The lowest BCUT2D eigenvalue weighted by Gasteiger charge is -2.32. The molecule has 1 amide bonds. The van der Waals surface area contributed by atoms with Crippen molar-refractivity contribution in [1.29, 1.82) is 0 Å². The van der Waals surface area contributed by atoms with E-state index in [-0.39, 0.29) is 24.2 Å². The Labute approximate surface area is 132 Å². The van der Waals surface area contributed by atoms with E-state index in [1.165, 1.54) is 0 Å². The number of sulfone groups is 1. The number of piperidine rings is 1. The molecule has 5 nitrogen and oxygen atoms in total. The van der Waals surface area contributed by atoms with E-state index < -0.39 is 9.84 Å². The molecule has 1 aromatic carbocycles. The molecule has 0 aromatic heterocycles. The van der Waals surface area contributed by atoms with Gasteiger partial charge in [0.1, 0.15) is 9.84 Å². The van der Waals surface area contributed by atoms with E-state index in [1.54, 1.807) is 4.90 Å². The van der Waals surface area contributed by atoms with Gasteiger partial charge in [-0.1, -0.05) is 30.3 Å². The predicted molar refractivity (Wildman–Crippen MR) is 85.2 cm³/mol. The molecular weight excluding hydrogens is 302 g/mol. The van der Waals surface area contributed by atoms with Gasteiger partial charge >= 0.3 is 0 Å². The first kappa shape index (κ1) is 17.0. The van der Waals surface area contributed by atoms with E-state index in [9.17, 15) is 13.2 Å². The van der Waals surface area contributed by atoms with Crippen LogP contribution in [0.2, 0.25) is 0 Å². The van der Waals surface area contributed by atoms with Gasteiger partial charge in [0.25, 0.3) is 0 Å². The Hall–Kier alpha value is -1.40. The molecule has 0 atom stereocenters. The molecular formula is C16H23NO4S. The van der Waals surface area contributed by atoms with Crippen molar-refractivity contribution in [2.75, 3.05) is 25.1 Å². The number of rotatable bonds is 6. The van der Waals surface area contributed by atoms with Gasteiger partial charge < -0.3 is 9.64 Å². The minimum absolute atomic E-state index is 0.0731. The van der Waals surface area contributed by atoms with Crippen molar-refractivity contribution in [3.8, 4) is 0 Å². The number of benzene rings is 1. The van der Waals surface area contributed by atoms with E-state index in [0.717, 1.165) is 24.7 Å². The average Bonchev–Trinajstić information content (AvgIpc) is 2.51. The lowest BCUT2D eigenvalue weighted by Crippen LogP contribution is -2.41. The predicted octanol–water partition coefficient (Wildman–Crippen LogP) is 1.63. The highest BCUT2D eigenvalue weighted by Crippen LogP contribution is 2.16. The van der Waals surface area contributed by atoms with Gasteiger partial charge in [-0.3, -0.25) is 4.79 Å². The van der Waals surface area contributed by atoms with Crippen molar-refractivity contribution in [2.45, 2.75) is 32.0 Å². The number of carbonyl (C=O) groups is 1. The Morgan fingerprint density at radius 1 is 1.23 bits per heavy atom. The summed E-state index contributed by atoms with van der Waals surface area (Å²) in [7, 11) is -3.08. The smallest absolute Gasteiger partial charge is 0.223 e. The van der Waals surface area contributed by atoms with Crippen molar-refractivity contribution in [3.63, 3.8) is 0 Å². The van der Waals surface area contributed by atoms with Crippen LogP contribution in [-0.2, 0) is 26.0 Å². The number of hydrogen-bond acceptors (Lipinski definition) is 4. The van der Waals surface area contributed by atoms with Gasteiger partial charge in [0.15, 0.2) is 0 Å². The zero-order chi connectivity index (χ0) is 16.0. The highest BCUT2D eigenvalue weighted by atomic mass is 32.2. The van der Waals surface area contributed by atoms with Crippen LogP contribution in [0.4, 0.5) is 0 Å². The Morgan fingerprint density at radius 2 is 1.86 bits per heavy atom. The van der Waals surface area contributed by atoms with Crippen LogP contribution in [0, 0.1) is 0 Å². The summed E-state index contributed by atoms with van der Waals surface area (Å²) in [5.41, 5.74) is 1.15. The summed E-state index contributed by atoms with van der Waals surface area (Å²) in [5, 5.41) is 0. The van der Waals surface area contributed by atoms with E-state index in [0.29, 0.717) is 19.7 Å². The van der Waals surface area contributed by atoms with Crippen molar-refractivity contribution in [3.05, 3.63) is 35.9 Å². The quantitative estimate of drug-likeness (QED) is 0.797. The second kappa shape index (κ2) is 7.74. The SMILES string of the molecule is CS(=O)(=O)CCC(=O)N1CCC(OCc2ccccc2)CC1. The van der Waals surface area contributed by atoms with Crippen LogP contribution < -0.4 is 0 Å². The van der Waals surface area contributed by atoms with Gasteiger partial charge in [-0.2, -0.15) is 0 Å². The largest absolute Gasteiger partial charge is 0.373 e. The maximum Gasteiger partial charge on any atom is 0.223 e. The highest BCUT2D eigenvalue weighted by molar-refractivity contribution is 7.90. The molecule has 22 heavy (non-hydrogen) atoms. The maximum atomic E-state index is 12.0. The molecule has 1 aromatic rings. The second-order valence-electron chi connectivity index (χ2n) is 5.76. The van der Waals surface area contributed by atoms with Crippen molar-refractivity contribution >= 4 is 15.7 Å². The van der Waals surface area contributed by atoms with Crippen LogP contribution in [0.3, 0.4) is 0 Å². The van der Waals surface area contributed by atoms with Gasteiger partial charge in [0.05, 0.1) is 18.5 Å². The van der Waals surface area contributed by atoms with Crippen molar-refractivity contribution in [2.24, 2.45) is 0 Å². The molecule has 2 rings (SSSR count). The fourth-order valence-corrected chi connectivity index (χ4v) is 3.04. The molecule has 0 aliphatic carbocycles. The summed E-state index contributed by atoms with van der Waals surface area (Å²) in [5.74, 6) is -0.150. The number of carbonyl (C=O) groups excluding carboxylic acids is 1. The monoisotopic (exact) mass is 325 g/mol. The van der Waals surface area contributed by atoms with Gasteiger partial charge in [0, 0.05) is 25.8 Å². The molecule has 1 aliphatic heterocycles. The molecule has 0 spiro atoms. The molecule has 6 heteroatoms. The Kier molecular flexibility index (Phi) is 5.97. The Morgan fingerprint density at radius 3 is 2.45 bits per heavy atom. The fourth-order valence-electron chi connectivity index (χ4n) is 2.49. The number of amides is 1. The standard InChI is InChI=1S/C16H23NO4S/c1-22(19,20)12-9-16(18)17-10-7-15(8-11-17)21-13-14-5-3-2-4-6-14/h2-6,15H,7-13H2,1H3. The number of nitrogens with zero attached hydrogens (tertiary/aromatic N) is 1. The number of likely N-dealkylation sites (tertiary alicyclic amines) is 1. The third-order valence-electron chi connectivity index (χ3n) is 3.81. The molecule has 0 N–H and O–H groups in total. The van der Waals surface area contributed by atoms with Crippen LogP contribution in [0.25, 0.3) is 0 Å². The van der Waals surface area contributed by atoms with Crippen LogP contribution in [0.1, 0.15) is 24.8 Å². The number of hydrogen-bond donors (Lipinski definition) is 0. The summed E-state index contributed by atoms with van der Waals surface area (Å²) in [6, 6.07) is 10.0. The van der Waals surface area contributed by atoms with E-state index in [4.69, 9.17) is 4.74 Å². The molecule has 0 radical (unpaired) electrons. The maximum absolute atomic E-state index is 12.0. The van der Waals surface area contributed by atoms with Crippen LogP contribution in [0.15, 0.2) is 30.3 Å². The summed E-state index contributed by atoms with van der Waals surface area (Å²) >= 11 is 0. The average molecular weight is 325 g/mol. The van der Waals surface area contributed by atoms with Gasteiger partial charge in [-0.15, -0.1) is 0 Å². The third kappa shape index (κ3) is 5.77. The molecule has 0 bridgehead atoms. The molecule has 0 unspecified atom stereocenters. The van der Waals surface area contributed by atoms with Crippen LogP contribution >= 0.6 is 0 Å².